The number of anilines is 3. The number of nitrogens with one attached hydrogen (secondary N) is 3. The zero-order chi connectivity index (χ0) is 50.5. The summed E-state index contributed by atoms with van der Waals surface area (Å²) >= 11 is 3.34. The van der Waals surface area contributed by atoms with E-state index in [0.717, 1.165) is 54.6 Å². The van der Waals surface area contributed by atoms with Crippen LogP contribution in [-0.4, -0.2) is 92.1 Å². The number of halogens is 1. The zero-order valence-electron chi connectivity index (χ0n) is 40.6. The molecule has 0 saturated carbocycles. The summed E-state index contributed by atoms with van der Waals surface area (Å²) in [6, 6.07) is 22.2. The van der Waals surface area contributed by atoms with E-state index in [2.05, 4.69) is 41.5 Å². The number of hydrogen-bond donors (Lipinski definition) is 3. The van der Waals surface area contributed by atoms with Crippen molar-refractivity contribution in [1.82, 2.24) is 15.0 Å². The minimum Gasteiger partial charge on any atom is -0.482 e. The Bertz CT molecular complexity index is 3000. The van der Waals surface area contributed by atoms with Crippen LogP contribution in [0.25, 0.3) is 22.3 Å². The Morgan fingerprint density at radius 1 is 0.630 bits per heavy atom. The second-order valence-electron chi connectivity index (χ2n) is 17.6. The fraction of sp³-hybridized carbons (Fsp3) is 0.333. The number of aromatic nitrogens is 3. The van der Waals surface area contributed by atoms with Crippen LogP contribution in [0.4, 0.5) is 17.1 Å². The molecule has 0 radical (unpaired) electrons. The molecule has 4 aliphatic rings. The number of methoxy groups -OCH3 is 2. The van der Waals surface area contributed by atoms with Crippen LogP contribution >= 0.6 is 15.9 Å². The molecule has 0 atom stereocenters. The number of rotatable bonds is 5. The number of aromatic amines is 1. The number of benzene rings is 3. The van der Waals surface area contributed by atoms with Crippen molar-refractivity contribution in [2.45, 2.75) is 81.9 Å². The third-order valence-electron chi connectivity index (χ3n) is 12.1. The predicted octanol–water partition coefficient (Wildman–Crippen LogP) is 9.49. The summed E-state index contributed by atoms with van der Waals surface area (Å²) in [7, 11) is 4.51. The summed E-state index contributed by atoms with van der Waals surface area (Å²) in [5, 5.41) is 5.54. The number of hydrogen-bond acceptors (Lipinski definition) is 13. The zero-order valence-corrected chi connectivity index (χ0v) is 42.2. The van der Waals surface area contributed by atoms with Gasteiger partial charge in [-0.15, -0.1) is 0 Å². The van der Waals surface area contributed by atoms with Crippen molar-refractivity contribution < 1.29 is 47.4 Å². The summed E-state index contributed by atoms with van der Waals surface area (Å²) < 4.78 is 39.3. The minimum atomic E-state index is -0.425. The highest BCUT2D eigenvalue weighted by atomic mass is 79.9. The van der Waals surface area contributed by atoms with E-state index in [0.29, 0.717) is 40.4 Å². The number of aryl methyl sites for hydroxylation is 3. The molecule has 0 aliphatic carbocycles. The Kier molecular flexibility index (Phi) is 19.6. The molecule has 1 fully saturated rings. The van der Waals surface area contributed by atoms with Crippen LogP contribution in [-0.2, 0) is 23.7 Å². The van der Waals surface area contributed by atoms with Crippen molar-refractivity contribution in [3.05, 3.63) is 123 Å². The molecule has 0 unspecified atom stereocenters. The van der Waals surface area contributed by atoms with Gasteiger partial charge in [-0.05, 0) is 134 Å². The molecule has 7 heterocycles. The molecule has 388 valence electrons. The highest BCUT2D eigenvalue weighted by molar-refractivity contribution is 9.10. The standard InChI is InChI=1S/2C15H14N2O3.C14H18BNO4.C7H8BrNO.3CH4/c1-9-5-15(19-2)16-7-11(9)10-3-4-12-13(6-10)20-8-14(18)17-12;1-9-5-14(18)16-7-11(9)10-3-4-12-13(6-10)20-8-15(19)17(12)2;1-13(2)14(3,4)20-15(19-13)9-5-6-10-11(7-9)18-8-12(17)16-10;1-5-3-7(10-2)9-4-6(5)8;;;/h3-7H,8H2,1-2H3,(H,17,18);3-7H,8H2,1-2H3,(H,16,18);5-7H,8H2,1-4H3,(H,16,17);3-4H,1-2H3;3*1H4. The first-order chi connectivity index (χ1) is 33.2. The lowest BCUT2D eigenvalue weighted by Crippen LogP contribution is -2.41. The first-order valence-corrected chi connectivity index (χ1v) is 22.9. The molecular formula is C54H66BBrN6O11. The molecule has 19 heteroatoms. The Balaban J connectivity index is 0.000000213. The molecule has 1 saturated heterocycles. The van der Waals surface area contributed by atoms with Gasteiger partial charge in [0.25, 0.3) is 17.7 Å². The Morgan fingerprint density at radius 3 is 1.71 bits per heavy atom. The number of nitrogens with zero attached hydrogens (tertiary/aromatic N) is 3. The van der Waals surface area contributed by atoms with E-state index in [1.807, 2.05) is 115 Å². The van der Waals surface area contributed by atoms with Gasteiger partial charge in [0, 0.05) is 59.4 Å². The first-order valence-electron chi connectivity index (χ1n) is 22.1. The van der Waals surface area contributed by atoms with Crippen LogP contribution in [0.15, 0.2) is 101 Å². The maximum absolute atomic E-state index is 11.6. The Morgan fingerprint density at radius 2 is 1.14 bits per heavy atom. The quantitative estimate of drug-likeness (QED) is 0.138. The molecule has 3 N–H and O–H groups in total. The topological polar surface area (TPSA) is 202 Å². The van der Waals surface area contributed by atoms with Crippen LogP contribution in [0.1, 0.15) is 66.7 Å². The smallest absolute Gasteiger partial charge is 0.482 e. The number of carbonyl (C=O) groups is 3. The van der Waals surface area contributed by atoms with Crippen molar-refractivity contribution in [3.8, 4) is 51.3 Å². The SMILES string of the molecule is C.C.C.CC1(C)OB(c2ccc3c(c2)OCC(=O)N3)OC1(C)C.COc1cc(C)c(-c2ccc3c(c2)OCC(=O)N3)cn1.COc1cc(C)c(Br)cn1.Cc1cc(=O)[nH]cc1-c1ccc2c(c1)OCC(=O)N2C. The number of amides is 3. The van der Waals surface area contributed by atoms with E-state index in [4.69, 9.17) is 33.0 Å². The third-order valence-corrected chi connectivity index (χ3v) is 12.9. The number of carbonyl (C=O) groups excluding carboxylic acids is 3. The monoisotopic (exact) mass is 1060 g/mol. The molecule has 10 rings (SSSR count). The average molecular weight is 1070 g/mol. The summed E-state index contributed by atoms with van der Waals surface area (Å²) in [5.41, 5.74) is 9.14. The number of ether oxygens (including phenoxy) is 5. The summed E-state index contributed by atoms with van der Waals surface area (Å²) in [4.78, 5) is 57.8. The number of H-pyrrole nitrogens is 1. The lowest BCUT2D eigenvalue weighted by Gasteiger charge is -2.32. The largest absolute Gasteiger partial charge is 0.494 e. The van der Waals surface area contributed by atoms with Gasteiger partial charge in [-0.3, -0.25) is 19.2 Å². The minimum absolute atomic E-state index is 0. The van der Waals surface area contributed by atoms with Crippen molar-refractivity contribution in [2.24, 2.45) is 0 Å². The van der Waals surface area contributed by atoms with Gasteiger partial charge in [-0.1, -0.05) is 40.5 Å². The lowest BCUT2D eigenvalue weighted by atomic mass is 9.79. The fourth-order valence-electron chi connectivity index (χ4n) is 7.36. The van der Waals surface area contributed by atoms with Gasteiger partial charge in [0.05, 0.1) is 42.5 Å². The highest BCUT2D eigenvalue weighted by Crippen LogP contribution is 2.39. The van der Waals surface area contributed by atoms with Crippen molar-refractivity contribution in [1.29, 1.82) is 0 Å². The molecule has 3 aromatic carbocycles. The van der Waals surface area contributed by atoms with Crippen LogP contribution in [0.2, 0.25) is 0 Å². The van der Waals surface area contributed by atoms with Gasteiger partial charge < -0.3 is 53.5 Å². The highest BCUT2D eigenvalue weighted by Gasteiger charge is 2.52. The molecule has 4 aliphatic heterocycles. The van der Waals surface area contributed by atoms with Crippen molar-refractivity contribution >= 4 is 63.3 Å². The van der Waals surface area contributed by atoms with Crippen LogP contribution < -0.4 is 50.2 Å². The molecule has 0 spiro atoms. The van der Waals surface area contributed by atoms with Crippen LogP contribution in [0, 0.1) is 20.8 Å². The number of pyridine rings is 3. The normalized spacial score (nSPS) is 15.0. The predicted molar refractivity (Wildman–Crippen MR) is 291 cm³/mol. The van der Waals surface area contributed by atoms with Gasteiger partial charge in [0.15, 0.2) is 19.8 Å². The van der Waals surface area contributed by atoms with Crippen LogP contribution in [0.3, 0.4) is 0 Å². The maximum atomic E-state index is 11.6. The van der Waals surface area contributed by atoms with Crippen molar-refractivity contribution in [2.75, 3.05) is 56.6 Å². The molecular weight excluding hydrogens is 999 g/mol. The number of fused-ring (bicyclic) bond motifs is 3. The molecule has 0 bridgehead atoms. The Hall–Kier alpha value is -7.22. The molecule has 6 aromatic rings. The summed E-state index contributed by atoms with van der Waals surface area (Å²) in [5.74, 6) is 2.91. The van der Waals surface area contributed by atoms with Crippen molar-refractivity contribution in [3.63, 3.8) is 0 Å². The first kappa shape index (κ1) is 58.4. The number of likely N-dealkylation sites (N-methyl/N-ethyl adjacent to an activating group) is 1. The molecule has 73 heavy (non-hydrogen) atoms. The maximum Gasteiger partial charge on any atom is 0.494 e. The van der Waals surface area contributed by atoms with E-state index in [9.17, 15) is 19.2 Å². The van der Waals surface area contributed by atoms with E-state index >= 15 is 0 Å². The van der Waals surface area contributed by atoms with E-state index in [1.54, 1.807) is 50.8 Å². The second-order valence-corrected chi connectivity index (χ2v) is 18.4. The average Bonchev–Trinajstić information content (AvgIpc) is 3.56. The van der Waals surface area contributed by atoms with E-state index < -0.39 is 7.12 Å². The molecule has 17 nitrogen and oxygen atoms in total. The van der Waals surface area contributed by atoms with Crippen LogP contribution in [0.5, 0.6) is 29.0 Å². The summed E-state index contributed by atoms with van der Waals surface area (Å²) in [6.45, 7) is 14.1. The van der Waals surface area contributed by atoms with Gasteiger partial charge in [-0.2, -0.15) is 0 Å². The van der Waals surface area contributed by atoms with Gasteiger partial charge in [0.1, 0.15) is 17.2 Å². The fourth-order valence-corrected chi connectivity index (χ4v) is 7.57. The van der Waals surface area contributed by atoms with Gasteiger partial charge in [-0.25, -0.2) is 9.97 Å². The third kappa shape index (κ3) is 13.6. The van der Waals surface area contributed by atoms with Gasteiger partial charge >= 0.3 is 7.12 Å². The van der Waals surface area contributed by atoms with E-state index in [-0.39, 0.29) is 76.6 Å². The molecule has 3 amide bonds. The lowest BCUT2D eigenvalue weighted by molar-refractivity contribution is -0.121. The molecule has 3 aromatic heterocycles. The van der Waals surface area contributed by atoms with Gasteiger partial charge in [0.2, 0.25) is 17.3 Å². The summed E-state index contributed by atoms with van der Waals surface area (Å²) in [6.07, 6.45) is 5.20. The van der Waals surface area contributed by atoms with E-state index in [1.165, 1.54) is 0 Å². The Labute approximate surface area is 436 Å². The second kappa shape index (κ2) is 24.5.